The topological polar surface area (TPSA) is 122 Å². The van der Waals surface area contributed by atoms with Gasteiger partial charge in [0.15, 0.2) is 0 Å². The smallest absolute Gasteiger partial charge is 0.264 e. The molecule has 0 fully saturated rings. The first-order valence-electron chi connectivity index (χ1n) is 11.5. The average molecular weight is 546 g/mol. The monoisotopic (exact) mass is 545 g/mol. The molecule has 1 amide bonds. The zero-order valence-electron chi connectivity index (χ0n) is 21.3. The number of nitrogens with zero attached hydrogens (tertiary/aromatic N) is 1. The second-order valence-corrected chi connectivity index (χ2v) is 12.4. The first-order valence-corrected chi connectivity index (χ1v) is 14.4. The van der Waals surface area contributed by atoms with Crippen molar-refractivity contribution < 1.29 is 26.4 Å². The highest BCUT2D eigenvalue weighted by Gasteiger charge is 2.29. The molecule has 9 nitrogen and oxygen atoms in total. The molecule has 0 aromatic heterocycles. The van der Waals surface area contributed by atoms with E-state index >= 15 is 0 Å². The van der Waals surface area contributed by atoms with Gasteiger partial charge in [-0.2, -0.15) is 0 Å². The van der Waals surface area contributed by atoms with E-state index in [0.29, 0.717) is 11.3 Å². The number of para-hydroxylation sites is 1. The lowest BCUT2D eigenvalue weighted by molar-refractivity contribution is -0.114. The van der Waals surface area contributed by atoms with Crippen molar-refractivity contribution in [3.63, 3.8) is 0 Å². The second kappa shape index (κ2) is 11.3. The van der Waals surface area contributed by atoms with E-state index in [0.717, 1.165) is 9.87 Å². The van der Waals surface area contributed by atoms with Gasteiger partial charge in [-0.15, -0.1) is 0 Å². The van der Waals surface area contributed by atoms with E-state index in [9.17, 15) is 21.6 Å². The minimum absolute atomic E-state index is 0.0413. The van der Waals surface area contributed by atoms with Crippen molar-refractivity contribution in [3.8, 4) is 5.75 Å². The molecular weight excluding hydrogens is 514 g/mol. The minimum atomic E-state index is -4.11. The van der Waals surface area contributed by atoms with Gasteiger partial charge in [-0.05, 0) is 69.7 Å². The van der Waals surface area contributed by atoms with Gasteiger partial charge in [-0.1, -0.05) is 35.9 Å². The minimum Gasteiger partial charge on any atom is -0.495 e. The predicted molar refractivity (Wildman–Crippen MR) is 144 cm³/mol. The van der Waals surface area contributed by atoms with Gasteiger partial charge in [0.1, 0.15) is 12.3 Å². The highest BCUT2D eigenvalue weighted by atomic mass is 32.2. The molecule has 0 heterocycles. The standard InChI is InChI=1S/C26H31N3O6S2/c1-18(2)28-36(31,32)22-14-15-25(35-5)23(16-22)27-26(30)17-29(24-9-7-6-8-20(24)4)37(33,34)21-12-10-19(3)11-13-21/h6-16,18,28H,17H2,1-5H3,(H,27,30). The Bertz CT molecular complexity index is 1480. The van der Waals surface area contributed by atoms with Crippen LogP contribution in [0.4, 0.5) is 11.4 Å². The van der Waals surface area contributed by atoms with Crippen molar-refractivity contribution in [2.45, 2.75) is 43.5 Å². The van der Waals surface area contributed by atoms with Gasteiger partial charge in [0.25, 0.3) is 10.0 Å². The van der Waals surface area contributed by atoms with Crippen LogP contribution < -0.4 is 19.1 Å². The maximum Gasteiger partial charge on any atom is 0.264 e. The van der Waals surface area contributed by atoms with E-state index in [1.807, 2.05) is 6.92 Å². The Morgan fingerprint density at radius 1 is 0.919 bits per heavy atom. The summed E-state index contributed by atoms with van der Waals surface area (Å²) in [6.45, 7) is 6.44. The molecule has 0 atom stereocenters. The van der Waals surface area contributed by atoms with Gasteiger partial charge < -0.3 is 10.1 Å². The molecule has 11 heteroatoms. The summed E-state index contributed by atoms with van der Waals surface area (Å²) in [5.41, 5.74) is 2.00. The van der Waals surface area contributed by atoms with Gasteiger partial charge >= 0.3 is 0 Å². The fraction of sp³-hybridized carbons (Fsp3) is 0.269. The molecule has 0 saturated heterocycles. The quantitative estimate of drug-likeness (QED) is 0.399. The normalized spacial score (nSPS) is 11.8. The number of anilines is 2. The molecule has 0 aliphatic rings. The Morgan fingerprint density at radius 2 is 1.54 bits per heavy atom. The lowest BCUT2D eigenvalue weighted by Crippen LogP contribution is -2.38. The van der Waals surface area contributed by atoms with Crippen LogP contribution in [0.2, 0.25) is 0 Å². The lowest BCUT2D eigenvalue weighted by Gasteiger charge is -2.26. The molecule has 0 spiro atoms. The van der Waals surface area contributed by atoms with Gasteiger partial charge in [0.05, 0.1) is 28.3 Å². The predicted octanol–water partition coefficient (Wildman–Crippen LogP) is 3.83. The second-order valence-electron chi connectivity index (χ2n) is 8.80. The summed E-state index contributed by atoms with van der Waals surface area (Å²) in [5.74, 6) is -0.454. The Labute approximate surface area is 218 Å². The largest absolute Gasteiger partial charge is 0.495 e. The molecule has 3 rings (SSSR count). The summed E-state index contributed by atoms with van der Waals surface area (Å²) in [5, 5.41) is 2.62. The molecule has 0 aliphatic heterocycles. The third-order valence-corrected chi connectivity index (χ3v) is 8.86. The van der Waals surface area contributed by atoms with Crippen molar-refractivity contribution in [2.24, 2.45) is 0 Å². The third-order valence-electron chi connectivity index (χ3n) is 5.43. The van der Waals surface area contributed by atoms with Crippen LogP contribution in [0.25, 0.3) is 0 Å². The number of carbonyl (C=O) groups excluding carboxylic acids is 1. The van der Waals surface area contributed by atoms with E-state index in [1.54, 1.807) is 57.2 Å². The van der Waals surface area contributed by atoms with E-state index in [2.05, 4.69) is 10.0 Å². The molecular formula is C26H31N3O6S2. The number of hydrogen-bond acceptors (Lipinski definition) is 6. The highest BCUT2D eigenvalue weighted by Crippen LogP contribution is 2.30. The molecule has 37 heavy (non-hydrogen) atoms. The van der Waals surface area contributed by atoms with E-state index in [1.165, 1.54) is 37.4 Å². The summed E-state index contributed by atoms with van der Waals surface area (Å²) in [7, 11) is -6.56. The number of aryl methyl sites for hydroxylation is 2. The van der Waals surface area contributed by atoms with Gasteiger partial charge in [0.2, 0.25) is 15.9 Å². The third kappa shape index (κ3) is 6.68. The molecule has 198 valence electrons. The van der Waals surface area contributed by atoms with Crippen LogP contribution in [0.3, 0.4) is 0 Å². The van der Waals surface area contributed by atoms with Crippen LogP contribution >= 0.6 is 0 Å². The van der Waals surface area contributed by atoms with Gasteiger partial charge in [0, 0.05) is 6.04 Å². The zero-order valence-corrected chi connectivity index (χ0v) is 23.0. The van der Waals surface area contributed by atoms with Crippen LogP contribution in [0.5, 0.6) is 5.75 Å². The molecule has 3 aromatic carbocycles. The number of amides is 1. The number of hydrogen-bond donors (Lipinski definition) is 2. The summed E-state index contributed by atoms with van der Waals surface area (Å²) < 4.78 is 61.4. The number of carbonyl (C=O) groups is 1. The molecule has 0 unspecified atom stereocenters. The number of sulfonamides is 2. The first kappa shape index (κ1) is 28.2. The lowest BCUT2D eigenvalue weighted by atomic mass is 10.2. The molecule has 0 aliphatic carbocycles. The number of methoxy groups -OCH3 is 1. The summed E-state index contributed by atoms with van der Waals surface area (Å²) in [6.07, 6.45) is 0. The Balaban J connectivity index is 1.99. The van der Waals surface area contributed by atoms with Crippen molar-refractivity contribution in [1.29, 1.82) is 0 Å². The zero-order chi connectivity index (χ0) is 27.4. The molecule has 0 radical (unpaired) electrons. The molecule has 2 N–H and O–H groups in total. The van der Waals surface area contributed by atoms with Crippen LogP contribution in [0.15, 0.2) is 76.5 Å². The van der Waals surface area contributed by atoms with Gasteiger partial charge in [-0.3, -0.25) is 9.10 Å². The Morgan fingerprint density at radius 3 is 2.14 bits per heavy atom. The SMILES string of the molecule is COc1ccc(S(=O)(=O)NC(C)C)cc1NC(=O)CN(c1ccccc1C)S(=O)(=O)c1ccc(C)cc1. The van der Waals surface area contributed by atoms with E-state index < -0.39 is 32.5 Å². The summed E-state index contributed by atoms with van der Waals surface area (Å²) >= 11 is 0. The van der Waals surface area contributed by atoms with Crippen molar-refractivity contribution in [2.75, 3.05) is 23.3 Å². The van der Waals surface area contributed by atoms with E-state index in [4.69, 9.17) is 4.74 Å². The van der Waals surface area contributed by atoms with Gasteiger partial charge in [-0.25, -0.2) is 21.6 Å². The Kier molecular flexibility index (Phi) is 8.62. The highest BCUT2D eigenvalue weighted by molar-refractivity contribution is 7.92. The number of ether oxygens (including phenoxy) is 1. The van der Waals surface area contributed by atoms with Crippen molar-refractivity contribution in [1.82, 2.24) is 4.72 Å². The number of benzene rings is 3. The fourth-order valence-electron chi connectivity index (χ4n) is 3.63. The maximum atomic E-state index is 13.6. The maximum absolute atomic E-state index is 13.6. The fourth-order valence-corrected chi connectivity index (χ4v) is 6.39. The van der Waals surface area contributed by atoms with Crippen LogP contribution in [0.1, 0.15) is 25.0 Å². The van der Waals surface area contributed by atoms with Crippen LogP contribution in [-0.4, -0.2) is 42.4 Å². The van der Waals surface area contributed by atoms with E-state index in [-0.39, 0.29) is 27.3 Å². The molecule has 0 bridgehead atoms. The summed E-state index contributed by atoms with van der Waals surface area (Å²) in [6, 6.07) is 16.9. The van der Waals surface area contributed by atoms with Crippen molar-refractivity contribution in [3.05, 3.63) is 77.9 Å². The average Bonchev–Trinajstić information content (AvgIpc) is 2.82. The van der Waals surface area contributed by atoms with Crippen LogP contribution in [0, 0.1) is 13.8 Å². The van der Waals surface area contributed by atoms with Crippen molar-refractivity contribution >= 4 is 37.3 Å². The number of rotatable bonds is 10. The molecule has 0 saturated carbocycles. The summed E-state index contributed by atoms with van der Waals surface area (Å²) in [4.78, 5) is 13.2. The Hall–Kier alpha value is -3.41. The molecule has 3 aromatic rings. The first-order chi connectivity index (χ1) is 17.3. The van der Waals surface area contributed by atoms with Crippen LogP contribution in [-0.2, 0) is 24.8 Å². The number of nitrogens with one attached hydrogen (secondary N) is 2.